The first-order chi connectivity index (χ1) is 6.47. The van der Waals surface area contributed by atoms with Crippen LogP contribution in [0.1, 0.15) is 37.5 Å². The lowest BCUT2D eigenvalue weighted by molar-refractivity contribution is 0.498. The van der Waals surface area contributed by atoms with Crippen LogP contribution in [0, 0.1) is 12.3 Å². The second-order valence-electron chi connectivity index (χ2n) is 5.30. The molecule has 1 aromatic rings. The highest BCUT2D eigenvalue weighted by Crippen LogP contribution is 2.36. The predicted octanol–water partition coefficient (Wildman–Crippen LogP) is 3.98. The van der Waals surface area contributed by atoms with E-state index in [9.17, 15) is 0 Å². The zero-order chi connectivity index (χ0) is 10.3. The summed E-state index contributed by atoms with van der Waals surface area (Å²) in [5, 5.41) is 0. The minimum Gasteiger partial charge on any atom is -0.0598 e. The van der Waals surface area contributed by atoms with Crippen LogP contribution < -0.4 is 0 Å². The van der Waals surface area contributed by atoms with Gasteiger partial charge < -0.3 is 0 Å². The predicted molar refractivity (Wildman–Crippen MR) is 62.3 cm³/mol. The summed E-state index contributed by atoms with van der Waals surface area (Å²) in [7, 11) is 0. The Balaban J connectivity index is 2.37. The van der Waals surface area contributed by atoms with Crippen molar-refractivity contribution in [1.82, 2.24) is 0 Å². The van der Waals surface area contributed by atoms with Gasteiger partial charge in [0.25, 0.3) is 0 Å². The third-order valence-corrected chi connectivity index (χ3v) is 2.97. The second-order valence-corrected chi connectivity index (χ2v) is 5.30. The van der Waals surface area contributed by atoms with E-state index in [0.29, 0.717) is 5.41 Å². The molecule has 0 atom stereocenters. The number of allylic oxidation sites excluding steroid dienone is 1. The van der Waals surface area contributed by atoms with Crippen molar-refractivity contribution in [3.63, 3.8) is 0 Å². The number of hydrogen-bond acceptors (Lipinski definition) is 0. The van der Waals surface area contributed by atoms with E-state index in [1.54, 1.807) is 5.57 Å². The largest absolute Gasteiger partial charge is 0.0598 e. The molecule has 0 radical (unpaired) electrons. The van der Waals surface area contributed by atoms with Gasteiger partial charge in [-0.25, -0.2) is 0 Å². The number of rotatable bonds is 0. The first kappa shape index (κ1) is 9.51. The Kier molecular flexibility index (Phi) is 2.02. The molecule has 0 fully saturated rings. The average Bonchev–Trinajstić information content (AvgIpc) is 2.45. The molecule has 1 aromatic carbocycles. The van der Waals surface area contributed by atoms with Crippen LogP contribution in [0.25, 0.3) is 6.08 Å². The molecule has 0 unspecified atom stereocenters. The quantitative estimate of drug-likeness (QED) is 0.575. The molecule has 0 heterocycles. The standard InChI is InChI=1S/C14H18/c1-10-5-6-11-8-13(14(2,3)4)9-12(11)7-10/h5-8H,9H2,1-4H3. The first-order valence-electron chi connectivity index (χ1n) is 5.27. The van der Waals surface area contributed by atoms with Crippen LogP contribution in [-0.2, 0) is 6.42 Å². The smallest absolute Gasteiger partial charge is 0.00525 e. The van der Waals surface area contributed by atoms with Crippen molar-refractivity contribution >= 4 is 6.08 Å². The highest BCUT2D eigenvalue weighted by molar-refractivity contribution is 5.65. The minimum absolute atomic E-state index is 0.312. The zero-order valence-electron chi connectivity index (χ0n) is 9.52. The van der Waals surface area contributed by atoms with Gasteiger partial charge in [0.05, 0.1) is 0 Å². The lowest BCUT2D eigenvalue weighted by Gasteiger charge is -2.20. The van der Waals surface area contributed by atoms with E-state index >= 15 is 0 Å². The summed E-state index contributed by atoms with van der Waals surface area (Å²) in [6.07, 6.45) is 3.50. The van der Waals surface area contributed by atoms with Gasteiger partial charge in [0.15, 0.2) is 0 Å². The summed E-state index contributed by atoms with van der Waals surface area (Å²) in [6.45, 7) is 9.03. The van der Waals surface area contributed by atoms with E-state index in [-0.39, 0.29) is 0 Å². The Hall–Kier alpha value is -1.04. The van der Waals surface area contributed by atoms with E-state index in [2.05, 4.69) is 52.0 Å². The molecule has 0 spiro atoms. The van der Waals surface area contributed by atoms with Crippen molar-refractivity contribution in [2.75, 3.05) is 0 Å². The van der Waals surface area contributed by atoms with Crippen LogP contribution in [0.5, 0.6) is 0 Å². The van der Waals surface area contributed by atoms with Gasteiger partial charge in [-0.15, -0.1) is 0 Å². The molecule has 14 heavy (non-hydrogen) atoms. The monoisotopic (exact) mass is 186 g/mol. The number of benzene rings is 1. The lowest BCUT2D eigenvalue weighted by atomic mass is 9.85. The molecule has 0 bridgehead atoms. The van der Waals surface area contributed by atoms with Crippen molar-refractivity contribution in [3.8, 4) is 0 Å². The molecule has 74 valence electrons. The van der Waals surface area contributed by atoms with Crippen LogP contribution in [0.4, 0.5) is 0 Å². The van der Waals surface area contributed by atoms with Crippen LogP contribution in [0.3, 0.4) is 0 Å². The van der Waals surface area contributed by atoms with E-state index < -0.39 is 0 Å². The second kappa shape index (κ2) is 2.98. The highest BCUT2D eigenvalue weighted by Gasteiger charge is 2.22. The molecule has 1 aliphatic carbocycles. The van der Waals surface area contributed by atoms with Gasteiger partial charge in [-0.05, 0) is 29.9 Å². The van der Waals surface area contributed by atoms with Gasteiger partial charge in [0, 0.05) is 0 Å². The summed E-state index contributed by atoms with van der Waals surface area (Å²) >= 11 is 0. The zero-order valence-corrected chi connectivity index (χ0v) is 9.52. The summed E-state index contributed by atoms with van der Waals surface area (Å²) in [5.74, 6) is 0. The summed E-state index contributed by atoms with van der Waals surface area (Å²) in [4.78, 5) is 0. The van der Waals surface area contributed by atoms with Crippen molar-refractivity contribution in [2.45, 2.75) is 34.1 Å². The third kappa shape index (κ3) is 1.61. The molecule has 0 amide bonds. The maximum atomic E-state index is 2.36. The third-order valence-electron chi connectivity index (χ3n) is 2.97. The normalized spacial score (nSPS) is 15.3. The van der Waals surface area contributed by atoms with Crippen molar-refractivity contribution in [2.24, 2.45) is 5.41 Å². The molecular weight excluding hydrogens is 168 g/mol. The summed E-state index contributed by atoms with van der Waals surface area (Å²) < 4.78 is 0. The molecule has 2 rings (SSSR count). The highest BCUT2D eigenvalue weighted by atomic mass is 14.3. The SMILES string of the molecule is Cc1ccc2c(c1)CC(C(C)(C)C)=C2. The van der Waals surface area contributed by atoms with Crippen molar-refractivity contribution < 1.29 is 0 Å². The Morgan fingerprint density at radius 1 is 1.14 bits per heavy atom. The van der Waals surface area contributed by atoms with Gasteiger partial charge in [0.1, 0.15) is 0 Å². The Labute approximate surface area is 86.7 Å². The van der Waals surface area contributed by atoms with Gasteiger partial charge in [0.2, 0.25) is 0 Å². The minimum atomic E-state index is 0.312. The Bertz CT molecular complexity index is 389. The summed E-state index contributed by atoms with van der Waals surface area (Å²) in [6, 6.07) is 6.74. The van der Waals surface area contributed by atoms with E-state index in [1.165, 1.54) is 16.7 Å². The topological polar surface area (TPSA) is 0 Å². The average molecular weight is 186 g/mol. The van der Waals surface area contributed by atoms with E-state index in [0.717, 1.165) is 6.42 Å². The number of hydrogen-bond donors (Lipinski definition) is 0. The van der Waals surface area contributed by atoms with Crippen LogP contribution in [-0.4, -0.2) is 0 Å². The number of fused-ring (bicyclic) bond motifs is 1. The van der Waals surface area contributed by atoms with Gasteiger partial charge in [-0.3, -0.25) is 0 Å². The first-order valence-corrected chi connectivity index (χ1v) is 5.27. The van der Waals surface area contributed by atoms with Crippen molar-refractivity contribution in [3.05, 3.63) is 40.5 Å². The molecule has 0 N–H and O–H groups in total. The van der Waals surface area contributed by atoms with Crippen LogP contribution in [0.2, 0.25) is 0 Å². The molecule has 0 heteroatoms. The van der Waals surface area contributed by atoms with Gasteiger partial charge in [-0.2, -0.15) is 0 Å². The molecule has 0 nitrogen and oxygen atoms in total. The molecule has 0 aromatic heterocycles. The molecular formula is C14H18. The molecule has 1 aliphatic rings. The maximum absolute atomic E-state index is 2.36. The lowest BCUT2D eigenvalue weighted by Crippen LogP contribution is -2.08. The van der Waals surface area contributed by atoms with E-state index in [4.69, 9.17) is 0 Å². The van der Waals surface area contributed by atoms with Gasteiger partial charge in [-0.1, -0.05) is 56.2 Å². The summed E-state index contributed by atoms with van der Waals surface area (Å²) in [5.41, 5.74) is 6.15. The Morgan fingerprint density at radius 3 is 2.50 bits per heavy atom. The van der Waals surface area contributed by atoms with Crippen LogP contribution >= 0.6 is 0 Å². The fourth-order valence-electron chi connectivity index (χ4n) is 1.95. The number of aryl methyl sites for hydroxylation is 1. The van der Waals surface area contributed by atoms with Crippen LogP contribution in [0.15, 0.2) is 23.8 Å². The fourth-order valence-corrected chi connectivity index (χ4v) is 1.95. The molecule has 0 aliphatic heterocycles. The Morgan fingerprint density at radius 2 is 1.86 bits per heavy atom. The van der Waals surface area contributed by atoms with Gasteiger partial charge >= 0.3 is 0 Å². The molecule has 0 saturated heterocycles. The molecule has 0 saturated carbocycles. The van der Waals surface area contributed by atoms with E-state index in [1.807, 2.05) is 0 Å². The van der Waals surface area contributed by atoms with Crippen molar-refractivity contribution in [1.29, 1.82) is 0 Å². The fraction of sp³-hybridized carbons (Fsp3) is 0.429. The maximum Gasteiger partial charge on any atom is -0.00525 e.